The van der Waals surface area contributed by atoms with Gasteiger partial charge in [0.25, 0.3) is 0 Å². The summed E-state index contributed by atoms with van der Waals surface area (Å²) in [5.41, 5.74) is 3.31. The highest BCUT2D eigenvalue weighted by atomic mass is 32.2. The maximum Gasteiger partial charge on any atom is 0.242 e. The number of aryl methyl sites for hydroxylation is 2. The molecule has 0 aliphatic rings. The molecule has 2 rings (SSSR count). The highest BCUT2D eigenvalue weighted by Gasteiger charge is 2.29. The van der Waals surface area contributed by atoms with E-state index in [4.69, 9.17) is 4.74 Å². The molecule has 210 valence electrons. The average Bonchev–Trinajstić information content (AvgIpc) is 2.87. The zero-order chi connectivity index (χ0) is 28.3. The monoisotopic (exact) mass is 545 g/mol. The van der Waals surface area contributed by atoms with Crippen molar-refractivity contribution in [3.05, 3.63) is 59.2 Å². The van der Waals surface area contributed by atoms with Crippen LogP contribution in [-0.2, 0) is 26.2 Å². The number of ether oxygens (including phenoxy) is 1. The minimum absolute atomic E-state index is 0.117. The lowest BCUT2D eigenvalue weighted by Gasteiger charge is -2.31. The summed E-state index contributed by atoms with van der Waals surface area (Å²) in [4.78, 5) is 28.2. The topological polar surface area (TPSA) is 96.0 Å². The van der Waals surface area contributed by atoms with Gasteiger partial charge in [-0.05, 0) is 68.0 Å². The van der Waals surface area contributed by atoms with Crippen LogP contribution in [0.3, 0.4) is 0 Å². The van der Waals surface area contributed by atoms with Gasteiger partial charge in [0.1, 0.15) is 11.8 Å². The summed E-state index contributed by atoms with van der Waals surface area (Å²) in [6.45, 7) is 8.75. The number of sulfonamides is 1. The van der Waals surface area contributed by atoms with Crippen molar-refractivity contribution in [1.29, 1.82) is 0 Å². The Bertz CT molecular complexity index is 1170. The van der Waals surface area contributed by atoms with Crippen LogP contribution in [0.15, 0.2) is 42.5 Å². The van der Waals surface area contributed by atoms with Gasteiger partial charge in [-0.25, -0.2) is 8.42 Å². The number of methoxy groups -OCH3 is 1. The van der Waals surface area contributed by atoms with Crippen LogP contribution in [0.4, 0.5) is 5.69 Å². The predicted molar refractivity (Wildman–Crippen MR) is 153 cm³/mol. The Kier molecular flexibility index (Phi) is 12.1. The van der Waals surface area contributed by atoms with Crippen molar-refractivity contribution in [1.82, 2.24) is 10.2 Å². The Morgan fingerprint density at radius 1 is 1.03 bits per heavy atom. The summed E-state index contributed by atoms with van der Waals surface area (Å²) < 4.78 is 31.9. The number of hydrogen-bond acceptors (Lipinski definition) is 5. The Labute approximate surface area is 228 Å². The van der Waals surface area contributed by atoms with Crippen LogP contribution >= 0.6 is 0 Å². The average molecular weight is 546 g/mol. The van der Waals surface area contributed by atoms with Gasteiger partial charge in [-0.1, -0.05) is 44.5 Å². The minimum Gasteiger partial charge on any atom is -0.497 e. The second-order valence-electron chi connectivity index (χ2n) is 9.67. The van der Waals surface area contributed by atoms with E-state index in [0.29, 0.717) is 30.8 Å². The van der Waals surface area contributed by atoms with E-state index < -0.39 is 16.1 Å². The van der Waals surface area contributed by atoms with Crippen LogP contribution in [0.25, 0.3) is 0 Å². The molecule has 0 heterocycles. The molecule has 2 aromatic carbocycles. The molecular formula is C29H43N3O5S. The van der Waals surface area contributed by atoms with Crippen molar-refractivity contribution < 1.29 is 22.7 Å². The molecule has 0 aliphatic carbocycles. The highest BCUT2D eigenvalue weighted by Crippen LogP contribution is 2.25. The molecule has 0 aliphatic heterocycles. The third-order valence-corrected chi connectivity index (χ3v) is 7.69. The van der Waals surface area contributed by atoms with Gasteiger partial charge < -0.3 is 15.0 Å². The van der Waals surface area contributed by atoms with E-state index >= 15 is 0 Å². The number of amides is 2. The minimum atomic E-state index is -3.55. The van der Waals surface area contributed by atoms with Crippen LogP contribution in [0.5, 0.6) is 5.75 Å². The van der Waals surface area contributed by atoms with Gasteiger partial charge in [0.05, 0.1) is 19.1 Å². The van der Waals surface area contributed by atoms with Crippen LogP contribution in [0.1, 0.15) is 62.6 Å². The van der Waals surface area contributed by atoms with E-state index in [-0.39, 0.29) is 31.3 Å². The maximum atomic E-state index is 13.5. The predicted octanol–water partition coefficient (Wildman–Crippen LogP) is 4.58. The fourth-order valence-electron chi connectivity index (χ4n) is 4.32. The van der Waals surface area contributed by atoms with E-state index in [9.17, 15) is 18.0 Å². The van der Waals surface area contributed by atoms with E-state index in [1.807, 2.05) is 63.2 Å². The molecule has 0 spiro atoms. The lowest BCUT2D eigenvalue weighted by molar-refractivity contribution is -0.141. The first kappa shape index (κ1) is 31.1. The maximum absolute atomic E-state index is 13.5. The Morgan fingerprint density at radius 2 is 1.71 bits per heavy atom. The fraction of sp³-hybridized carbons (Fsp3) is 0.517. The second-order valence-corrected chi connectivity index (χ2v) is 11.6. The van der Waals surface area contributed by atoms with E-state index in [0.717, 1.165) is 29.5 Å². The molecule has 2 aromatic rings. The number of carbonyl (C=O) groups is 2. The summed E-state index contributed by atoms with van der Waals surface area (Å²) in [5, 5.41) is 2.96. The van der Waals surface area contributed by atoms with Crippen molar-refractivity contribution >= 4 is 27.5 Å². The first-order valence-corrected chi connectivity index (χ1v) is 15.1. The molecule has 0 aromatic heterocycles. The normalized spacial score (nSPS) is 12.1. The SMILES string of the molecule is CCCCNC(=O)C(CC)N(Cc1ccc(OC)cc1)C(=O)CCCN(c1cc(C)ccc1C)S(C)(=O)=O. The van der Waals surface area contributed by atoms with Gasteiger partial charge >= 0.3 is 0 Å². The zero-order valence-electron chi connectivity index (χ0n) is 23.6. The van der Waals surface area contributed by atoms with Crippen LogP contribution < -0.4 is 14.4 Å². The fourth-order valence-corrected chi connectivity index (χ4v) is 5.34. The Morgan fingerprint density at radius 3 is 2.29 bits per heavy atom. The zero-order valence-corrected chi connectivity index (χ0v) is 24.4. The molecular weight excluding hydrogens is 502 g/mol. The largest absolute Gasteiger partial charge is 0.497 e. The van der Waals surface area contributed by atoms with Gasteiger partial charge in [-0.15, -0.1) is 0 Å². The molecule has 0 saturated heterocycles. The molecule has 38 heavy (non-hydrogen) atoms. The van der Waals surface area contributed by atoms with Crippen molar-refractivity contribution in [2.24, 2.45) is 0 Å². The van der Waals surface area contributed by atoms with E-state index in [1.54, 1.807) is 12.0 Å². The number of unbranched alkanes of at least 4 members (excludes halogenated alkanes) is 1. The van der Waals surface area contributed by atoms with Crippen molar-refractivity contribution in [3.63, 3.8) is 0 Å². The summed E-state index contributed by atoms with van der Waals surface area (Å²) >= 11 is 0. The molecule has 2 amide bonds. The lowest BCUT2D eigenvalue weighted by atomic mass is 10.1. The third-order valence-electron chi connectivity index (χ3n) is 6.51. The van der Waals surface area contributed by atoms with Crippen LogP contribution in [-0.4, -0.2) is 57.6 Å². The number of carbonyl (C=O) groups excluding carboxylic acids is 2. The van der Waals surface area contributed by atoms with Crippen LogP contribution in [0.2, 0.25) is 0 Å². The van der Waals surface area contributed by atoms with E-state index in [1.165, 1.54) is 10.6 Å². The number of anilines is 1. The lowest BCUT2D eigenvalue weighted by Crippen LogP contribution is -2.49. The van der Waals surface area contributed by atoms with Gasteiger partial charge in [0.2, 0.25) is 21.8 Å². The van der Waals surface area contributed by atoms with Gasteiger partial charge in [0, 0.05) is 26.1 Å². The molecule has 1 N–H and O–H groups in total. The Hall–Kier alpha value is -3.07. The first-order chi connectivity index (χ1) is 18.0. The number of benzene rings is 2. The van der Waals surface area contributed by atoms with Gasteiger partial charge in [0.15, 0.2) is 0 Å². The first-order valence-electron chi connectivity index (χ1n) is 13.3. The van der Waals surface area contributed by atoms with Gasteiger partial charge in [-0.2, -0.15) is 0 Å². The van der Waals surface area contributed by atoms with Crippen LogP contribution in [0, 0.1) is 13.8 Å². The summed E-state index contributed by atoms with van der Waals surface area (Å²) in [5.74, 6) is 0.354. The Balaban J connectivity index is 2.23. The van der Waals surface area contributed by atoms with Crippen molar-refractivity contribution in [3.8, 4) is 5.75 Å². The summed E-state index contributed by atoms with van der Waals surface area (Å²) in [6, 6.07) is 12.5. The highest BCUT2D eigenvalue weighted by molar-refractivity contribution is 7.92. The van der Waals surface area contributed by atoms with Crippen molar-refractivity contribution in [2.45, 2.75) is 72.4 Å². The molecule has 9 heteroatoms. The standard InChI is InChI=1S/C29H43N3O5S/c1-7-9-18-30-29(34)26(8-2)31(21-24-14-16-25(37-5)17-15-24)28(33)11-10-19-32(38(6,35)36)27-20-22(3)12-13-23(27)4/h12-17,20,26H,7-11,18-19,21H2,1-6H3,(H,30,34). The molecule has 1 unspecified atom stereocenters. The summed E-state index contributed by atoms with van der Waals surface area (Å²) in [6.07, 6.45) is 3.92. The number of rotatable bonds is 15. The smallest absolute Gasteiger partial charge is 0.242 e. The number of nitrogens with zero attached hydrogens (tertiary/aromatic N) is 2. The molecule has 0 fully saturated rings. The third kappa shape index (κ3) is 9.04. The summed E-state index contributed by atoms with van der Waals surface area (Å²) in [7, 11) is -1.95. The molecule has 1 atom stereocenters. The van der Waals surface area contributed by atoms with Crippen molar-refractivity contribution in [2.75, 3.05) is 30.8 Å². The van der Waals surface area contributed by atoms with Gasteiger partial charge in [-0.3, -0.25) is 13.9 Å². The molecule has 8 nitrogen and oxygen atoms in total. The second kappa shape index (κ2) is 14.8. The quantitative estimate of drug-likeness (QED) is 0.331. The molecule has 0 radical (unpaired) electrons. The number of nitrogens with one attached hydrogen (secondary N) is 1. The molecule has 0 saturated carbocycles. The molecule has 0 bridgehead atoms. The number of hydrogen-bond donors (Lipinski definition) is 1. The van der Waals surface area contributed by atoms with E-state index in [2.05, 4.69) is 12.2 Å².